The zero-order chi connectivity index (χ0) is 24.3. The fourth-order valence-corrected chi connectivity index (χ4v) is 3.72. The van der Waals surface area contributed by atoms with Crippen molar-refractivity contribution in [3.63, 3.8) is 0 Å². The number of esters is 1. The third-order valence-electron chi connectivity index (χ3n) is 4.91. The van der Waals surface area contributed by atoms with Crippen LogP contribution in [0, 0.1) is 0 Å². The molecule has 0 saturated carbocycles. The van der Waals surface area contributed by atoms with Gasteiger partial charge in [0.15, 0.2) is 12.1 Å². The third-order valence-corrected chi connectivity index (χ3v) is 4.91. The fourth-order valence-electron chi connectivity index (χ4n) is 3.72. The number of fused-ring (bicyclic) bond motifs is 1. The monoisotopic (exact) mass is 460 g/mol. The van der Waals surface area contributed by atoms with Crippen LogP contribution in [0.4, 0.5) is 4.79 Å². The van der Waals surface area contributed by atoms with Crippen LogP contribution in [-0.4, -0.2) is 80.3 Å². The Kier molecular flexibility index (Phi) is 8.49. The number of rotatable bonds is 8. The van der Waals surface area contributed by atoms with E-state index in [1.165, 1.54) is 14.2 Å². The first-order valence-electron chi connectivity index (χ1n) is 10.6. The highest BCUT2D eigenvalue weighted by Crippen LogP contribution is 2.39. The Morgan fingerprint density at radius 2 is 1.72 bits per heavy atom. The number of nitrogens with one attached hydrogen (secondary N) is 2. The molecule has 2 rings (SSSR count). The first-order chi connectivity index (χ1) is 14.7. The lowest BCUT2D eigenvalue weighted by Crippen LogP contribution is -2.53. The Morgan fingerprint density at radius 3 is 2.28 bits per heavy atom. The lowest BCUT2D eigenvalue weighted by atomic mass is 10.00. The molecule has 0 unspecified atom stereocenters. The Bertz CT molecular complexity index is 691. The first kappa shape index (κ1) is 26.3. The smallest absolute Gasteiger partial charge is 0.407 e. The van der Waals surface area contributed by atoms with Crippen LogP contribution >= 0.6 is 0 Å². The molecule has 11 nitrogen and oxygen atoms in total. The zero-order valence-corrected chi connectivity index (χ0v) is 20.1. The molecule has 32 heavy (non-hydrogen) atoms. The molecule has 0 aromatic rings. The number of methoxy groups -OCH3 is 2. The molecule has 2 heterocycles. The molecule has 2 saturated heterocycles. The lowest BCUT2D eigenvalue weighted by Gasteiger charge is -2.31. The highest BCUT2D eigenvalue weighted by atomic mass is 16.8. The predicted molar refractivity (Wildman–Crippen MR) is 112 cm³/mol. The largest absolute Gasteiger partial charge is 0.469 e. The van der Waals surface area contributed by atoms with Gasteiger partial charge < -0.3 is 39.1 Å². The van der Waals surface area contributed by atoms with Gasteiger partial charge in [0.2, 0.25) is 5.91 Å². The maximum atomic E-state index is 12.7. The van der Waals surface area contributed by atoms with E-state index in [1.807, 2.05) is 0 Å². The normalized spacial score (nSPS) is 28.4. The first-order valence-corrected chi connectivity index (χ1v) is 10.6. The van der Waals surface area contributed by atoms with Crippen molar-refractivity contribution in [2.45, 2.75) is 102 Å². The quantitative estimate of drug-likeness (QED) is 0.514. The van der Waals surface area contributed by atoms with Gasteiger partial charge >= 0.3 is 12.1 Å². The molecule has 0 spiro atoms. The van der Waals surface area contributed by atoms with Gasteiger partial charge in [-0.3, -0.25) is 9.59 Å². The molecular weight excluding hydrogens is 424 g/mol. The fraction of sp³-hybridized carbons (Fsp3) is 0.857. The highest BCUT2D eigenvalue weighted by molar-refractivity contribution is 5.79. The Balaban J connectivity index is 2.13. The van der Waals surface area contributed by atoms with E-state index in [1.54, 1.807) is 41.5 Å². The minimum atomic E-state index is -0.841. The predicted octanol–water partition coefficient (Wildman–Crippen LogP) is 1.23. The van der Waals surface area contributed by atoms with E-state index in [-0.39, 0.29) is 18.7 Å². The summed E-state index contributed by atoms with van der Waals surface area (Å²) in [5.74, 6) is -1.67. The van der Waals surface area contributed by atoms with Crippen LogP contribution in [0.3, 0.4) is 0 Å². The summed E-state index contributed by atoms with van der Waals surface area (Å²) in [6, 6.07) is -1.26. The second kappa shape index (κ2) is 10.3. The number of amides is 2. The van der Waals surface area contributed by atoms with Crippen molar-refractivity contribution >= 4 is 18.0 Å². The molecule has 184 valence electrons. The van der Waals surface area contributed by atoms with E-state index in [0.29, 0.717) is 0 Å². The summed E-state index contributed by atoms with van der Waals surface area (Å²) in [5.41, 5.74) is -0.726. The van der Waals surface area contributed by atoms with Gasteiger partial charge in [-0.2, -0.15) is 0 Å². The molecule has 0 aromatic heterocycles. The van der Waals surface area contributed by atoms with Gasteiger partial charge in [-0.1, -0.05) is 0 Å². The molecule has 2 aliphatic heterocycles. The molecule has 0 aromatic carbocycles. The van der Waals surface area contributed by atoms with Crippen molar-refractivity contribution in [2.24, 2.45) is 0 Å². The van der Waals surface area contributed by atoms with Crippen molar-refractivity contribution < 1.29 is 42.8 Å². The van der Waals surface area contributed by atoms with Gasteiger partial charge in [-0.05, 0) is 41.5 Å². The number of hydrogen-bond donors (Lipinski definition) is 2. The molecule has 2 amide bonds. The molecule has 2 fully saturated rings. The molecule has 6 atom stereocenters. The van der Waals surface area contributed by atoms with E-state index in [4.69, 9.17) is 23.7 Å². The summed E-state index contributed by atoms with van der Waals surface area (Å²) in [7, 11) is 2.78. The van der Waals surface area contributed by atoms with Crippen molar-refractivity contribution in [3.05, 3.63) is 0 Å². The van der Waals surface area contributed by atoms with Crippen LogP contribution in [0.1, 0.15) is 54.4 Å². The number of carbonyl (C=O) groups is 3. The average molecular weight is 461 g/mol. The molecule has 11 heteroatoms. The SMILES string of the molecule is COC(=O)C[C@H](C)NC(=O)C[C@@H](NC(=O)OC(C)(C)C)[C@H]1O[C@@H]2OC(C)(C)O[C@@H]2[C@H]1OC. The molecule has 0 radical (unpaired) electrons. The summed E-state index contributed by atoms with van der Waals surface area (Å²) in [5, 5.41) is 5.44. The maximum absolute atomic E-state index is 12.7. The van der Waals surface area contributed by atoms with Crippen molar-refractivity contribution in [3.8, 4) is 0 Å². The summed E-state index contributed by atoms with van der Waals surface area (Å²) in [6.07, 6.45) is -3.38. The van der Waals surface area contributed by atoms with Crippen LogP contribution < -0.4 is 10.6 Å². The third kappa shape index (κ3) is 7.29. The molecule has 2 aliphatic rings. The maximum Gasteiger partial charge on any atom is 0.407 e. The number of carbonyl (C=O) groups excluding carboxylic acids is 3. The Labute approximate surface area is 188 Å². The van der Waals surface area contributed by atoms with Gasteiger partial charge in [0.25, 0.3) is 0 Å². The molecule has 2 N–H and O–H groups in total. The molecular formula is C21H36N2O9. The Hall–Kier alpha value is -1.95. The van der Waals surface area contributed by atoms with Crippen LogP contribution in [0.25, 0.3) is 0 Å². The second-order valence-corrected chi connectivity index (χ2v) is 9.48. The number of alkyl carbamates (subject to hydrolysis) is 1. The van der Waals surface area contributed by atoms with E-state index in [0.717, 1.165) is 0 Å². The van der Waals surface area contributed by atoms with Gasteiger partial charge in [0, 0.05) is 19.6 Å². The standard InChI is InChI=1S/C21H36N2O9/c1-11(9-14(25)27-7)22-13(24)10-12(23-19(26)32-20(2,3)4)15-16(28-8)17-18(29-15)31-21(5,6)30-17/h11-12,15-18H,9-10H2,1-8H3,(H,22,24)(H,23,26)/t11-,12+,15+,16-,17+,18+/m0/s1. The second-order valence-electron chi connectivity index (χ2n) is 9.48. The van der Waals surface area contributed by atoms with Crippen LogP contribution in [0.15, 0.2) is 0 Å². The minimum absolute atomic E-state index is 0.0218. The zero-order valence-electron chi connectivity index (χ0n) is 20.1. The number of ether oxygens (including phenoxy) is 6. The average Bonchev–Trinajstić information content (AvgIpc) is 3.10. The van der Waals surface area contributed by atoms with E-state index in [2.05, 4.69) is 15.4 Å². The topological polar surface area (TPSA) is 131 Å². The summed E-state index contributed by atoms with van der Waals surface area (Å²) in [4.78, 5) is 36.6. The summed E-state index contributed by atoms with van der Waals surface area (Å²) < 4.78 is 33.3. The van der Waals surface area contributed by atoms with Crippen LogP contribution in [-0.2, 0) is 38.0 Å². The van der Waals surface area contributed by atoms with Gasteiger partial charge in [0.05, 0.1) is 19.6 Å². The number of hydrogen-bond acceptors (Lipinski definition) is 9. The van der Waals surface area contributed by atoms with Crippen LogP contribution in [0.5, 0.6) is 0 Å². The minimum Gasteiger partial charge on any atom is -0.469 e. The van der Waals surface area contributed by atoms with Crippen molar-refractivity contribution in [1.82, 2.24) is 10.6 Å². The van der Waals surface area contributed by atoms with Gasteiger partial charge in [-0.15, -0.1) is 0 Å². The lowest BCUT2D eigenvalue weighted by molar-refractivity contribution is -0.220. The van der Waals surface area contributed by atoms with E-state index < -0.39 is 60.1 Å². The van der Waals surface area contributed by atoms with Crippen LogP contribution in [0.2, 0.25) is 0 Å². The molecule has 0 aliphatic carbocycles. The summed E-state index contributed by atoms with van der Waals surface area (Å²) >= 11 is 0. The van der Waals surface area contributed by atoms with Crippen molar-refractivity contribution in [2.75, 3.05) is 14.2 Å². The van der Waals surface area contributed by atoms with E-state index in [9.17, 15) is 14.4 Å². The molecule has 0 bridgehead atoms. The van der Waals surface area contributed by atoms with Gasteiger partial charge in [0.1, 0.15) is 23.9 Å². The Morgan fingerprint density at radius 1 is 1.06 bits per heavy atom. The van der Waals surface area contributed by atoms with Crippen molar-refractivity contribution in [1.29, 1.82) is 0 Å². The highest BCUT2D eigenvalue weighted by Gasteiger charge is 2.57. The summed E-state index contributed by atoms with van der Waals surface area (Å²) in [6.45, 7) is 10.4. The van der Waals surface area contributed by atoms with Gasteiger partial charge in [-0.25, -0.2) is 4.79 Å². The van der Waals surface area contributed by atoms with E-state index >= 15 is 0 Å².